The second-order valence-electron chi connectivity index (χ2n) is 10.6. The molecule has 242 valence electrons. The Morgan fingerprint density at radius 3 is 1.93 bits per heavy atom. The van der Waals surface area contributed by atoms with Crippen LogP contribution in [-0.4, -0.2) is 133 Å². The quantitative estimate of drug-likeness (QED) is 0.146. The van der Waals surface area contributed by atoms with Gasteiger partial charge in [-0.2, -0.15) is 0 Å². The Hall–Kier alpha value is -3.29. The van der Waals surface area contributed by atoms with E-state index in [0.29, 0.717) is 5.56 Å². The Morgan fingerprint density at radius 2 is 1.36 bits per heavy atom. The first-order valence-electron chi connectivity index (χ1n) is 13.7. The number of hydrogen-bond acceptors (Lipinski definition) is 16. The minimum absolute atomic E-state index is 0.0127. The van der Waals surface area contributed by atoms with Crippen LogP contribution in [0.3, 0.4) is 0 Å². The van der Waals surface area contributed by atoms with Crippen LogP contribution in [0.15, 0.2) is 30.3 Å². The SMILES string of the molecule is COc1ccc([C@@H]2CC(=O)c3c(O)cc(O[C@@H]4O[C@H](CO)[C@@H](O)[C@H](O)[C@H]4O)cc3O2)cc1O[C@@H]1O[C@H](CO)[C@@H](O)[C@H](O)[C@H]1O. The number of methoxy groups -OCH3 is 1. The maximum Gasteiger partial charge on any atom is 0.229 e. The van der Waals surface area contributed by atoms with Crippen molar-refractivity contribution in [1.82, 2.24) is 0 Å². The molecule has 5 rings (SSSR count). The summed E-state index contributed by atoms with van der Waals surface area (Å²) in [5.41, 5.74) is 0.262. The molecule has 2 fully saturated rings. The number of phenolic OH excluding ortho intramolecular Hbond substituents is 1. The lowest BCUT2D eigenvalue weighted by Gasteiger charge is -2.39. The standard InChI is InChI=1S/C28H34O16/c1-39-14-3-2-10(4-16(14)42-28-26(38)24(36)22(34)19(9-30)44-28)15-7-13(32)20-12(31)5-11(6-17(20)41-15)40-27-25(37)23(35)21(33)18(8-29)43-27/h2-6,15,18-19,21-31,33-38H,7-9H2,1H3/t15-,18+,19+,21+,22+,23-,24-,25+,26+,27+,28+/m0/s1. The Balaban J connectivity index is 1.38. The molecule has 2 saturated heterocycles. The van der Waals surface area contributed by atoms with Gasteiger partial charge in [0.25, 0.3) is 0 Å². The van der Waals surface area contributed by atoms with Crippen molar-refractivity contribution in [3.63, 3.8) is 0 Å². The second-order valence-corrected chi connectivity index (χ2v) is 10.6. The molecule has 0 spiro atoms. The summed E-state index contributed by atoms with van der Waals surface area (Å²) in [5.74, 6) is -0.995. The molecular formula is C28H34O16. The highest BCUT2D eigenvalue weighted by Crippen LogP contribution is 2.44. The molecule has 16 heteroatoms. The van der Waals surface area contributed by atoms with Gasteiger partial charge in [-0.25, -0.2) is 0 Å². The highest BCUT2D eigenvalue weighted by Gasteiger charge is 2.46. The van der Waals surface area contributed by atoms with E-state index in [1.807, 2.05) is 0 Å². The summed E-state index contributed by atoms with van der Waals surface area (Å²) < 4.78 is 33.5. The van der Waals surface area contributed by atoms with Gasteiger partial charge in [0, 0.05) is 12.1 Å². The van der Waals surface area contributed by atoms with Crippen molar-refractivity contribution in [1.29, 1.82) is 0 Å². The normalized spacial score (nSPS) is 35.4. The number of rotatable bonds is 8. The summed E-state index contributed by atoms with van der Waals surface area (Å²) in [7, 11) is 1.35. The third-order valence-corrected chi connectivity index (χ3v) is 7.73. The summed E-state index contributed by atoms with van der Waals surface area (Å²) in [5, 5.41) is 90.4. The molecule has 3 heterocycles. The van der Waals surface area contributed by atoms with Crippen molar-refractivity contribution in [3.05, 3.63) is 41.5 Å². The summed E-state index contributed by atoms with van der Waals surface area (Å²) in [6, 6.07) is 6.86. The van der Waals surface area contributed by atoms with E-state index in [-0.39, 0.29) is 35.0 Å². The Bertz CT molecular complexity index is 1330. The van der Waals surface area contributed by atoms with Gasteiger partial charge < -0.3 is 74.4 Å². The number of aliphatic hydroxyl groups is 8. The zero-order valence-corrected chi connectivity index (χ0v) is 23.2. The van der Waals surface area contributed by atoms with E-state index in [0.717, 1.165) is 6.07 Å². The third-order valence-electron chi connectivity index (χ3n) is 7.73. The number of aromatic hydroxyl groups is 1. The minimum Gasteiger partial charge on any atom is -0.507 e. The van der Waals surface area contributed by atoms with Crippen molar-refractivity contribution >= 4 is 5.78 Å². The number of carbonyl (C=O) groups excluding carboxylic acids is 1. The van der Waals surface area contributed by atoms with E-state index in [4.69, 9.17) is 28.4 Å². The van der Waals surface area contributed by atoms with Crippen LogP contribution in [0, 0.1) is 0 Å². The topological polar surface area (TPSA) is 255 Å². The molecule has 3 aliphatic heterocycles. The first-order chi connectivity index (χ1) is 21.0. The summed E-state index contributed by atoms with van der Waals surface area (Å²) in [4.78, 5) is 13.1. The number of carbonyl (C=O) groups is 1. The number of Topliss-reactive ketones (excluding diaryl/α,β-unsaturated/α-hetero) is 1. The van der Waals surface area contributed by atoms with E-state index >= 15 is 0 Å². The lowest BCUT2D eigenvalue weighted by molar-refractivity contribution is -0.277. The van der Waals surface area contributed by atoms with Gasteiger partial charge >= 0.3 is 0 Å². The molecule has 0 aliphatic carbocycles. The molecular weight excluding hydrogens is 592 g/mol. The van der Waals surface area contributed by atoms with Gasteiger partial charge in [0.1, 0.15) is 77.7 Å². The van der Waals surface area contributed by atoms with Crippen LogP contribution in [0.1, 0.15) is 28.4 Å². The predicted octanol–water partition coefficient (Wildman–Crippen LogP) is -2.54. The fraction of sp³-hybridized carbons (Fsp3) is 0.536. The van der Waals surface area contributed by atoms with E-state index in [2.05, 4.69) is 0 Å². The fourth-order valence-corrected chi connectivity index (χ4v) is 5.24. The number of ketones is 1. The average molecular weight is 627 g/mol. The van der Waals surface area contributed by atoms with Crippen LogP contribution in [0.5, 0.6) is 28.7 Å². The fourth-order valence-electron chi connectivity index (χ4n) is 5.24. The van der Waals surface area contributed by atoms with E-state index in [9.17, 15) is 50.8 Å². The molecule has 11 atom stereocenters. The van der Waals surface area contributed by atoms with Crippen molar-refractivity contribution in [2.45, 2.75) is 73.9 Å². The smallest absolute Gasteiger partial charge is 0.229 e. The van der Waals surface area contributed by atoms with E-state index in [1.54, 1.807) is 6.07 Å². The van der Waals surface area contributed by atoms with Gasteiger partial charge in [-0.1, -0.05) is 6.07 Å². The Kier molecular flexibility index (Phi) is 9.47. The largest absolute Gasteiger partial charge is 0.507 e. The monoisotopic (exact) mass is 626 g/mol. The van der Waals surface area contributed by atoms with Crippen molar-refractivity contribution < 1.29 is 79.2 Å². The average Bonchev–Trinajstić information content (AvgIpc) is 3.01. The molecule has 0 bridgehead atoms. The molecule has 16 nitrogen and oxygen atoms in total. The number of benzene rings is 2. The first kappa shape index (κ1) is 32.1. The zero-order chi connectivity index (χ0) is 31.9. The molecule has 44 heavy (non-hydrogen) atoms. The zero-order valence-electron chi connectivity index (χ0n) is 23.2. The van der Waals surface area contributed by atoms with E-state index < -0.39 is 92.3 Å². The lowest BCUT2D eigenvalue weighted by atomic mass is 9.95. The number of ether oxygens (including phenoxy) is 6. The van der Waals surface area contributed by atoms with Crippen LogP contribution in [0.25, 0.3) is 0 Å². The Morgan fingerprint density at radius 1 is 0.773 bits per heavy atom. The van der Waals surface area contributed by atoms with Gasteiger partial charge in [-0.15, -0.1) is 0 Å². The van der Waals surface area contributed by atoms with Crippen molar-refractivity contribution in [2.24, 2.45) is 0 Å². The van der Waals surface area contributed by atoms with Gasteiger partial charge in [-0.3, -0.25) is 4.79 Å². The molecule has 0 amide bonds. The molecule has 9 N–H and O–H groups in total. The number of hydrogen-bond donors (Lipinski definition) is 9. The maximum absolute atomic E-state index is 13.1. The second kappa shape index (κ2) is 13.0. The van der Waals surface area contributed by atoms with Gasteiger partial charge in [0.05, 0.1) is 26.7 Å². The molecule has 0 unspecified atom stereocenters. The molecule has 3 aliphatic rings. The van der Waals surface area contributed by atoms with Gasteiger partial charge in [-0.05, 0) is 17.7 Å². The van der Waals surface area contributed by atoms with Gasteiger partial charge in [0.15, 0.2) is 17.3 Å². The highest BCUT2D eigenvalue weighted by molar-refractivity contribution is 6.02. The van der Waals surface area contributed by atoms with Crippen molar-refractivity contribution in [2.75, 3.05) is 20.3 Å². The minimum atomic E-state index is -1.72. The molecule has 0 saturated carbocycles. The number of phenols is 1. The summed E-state index contributed by atoms with van der Waals surface area (Å²) >= 11 is 0. The van der Waals surface area contributed by atoms with Crippen LogP contribution in [-0.2, 0) is 9.47 Å². The molecule has 0 aromatic heterocycles. The first-order valence-corrected chi connectivity index (χ1v) is 13.7. The van der Waals surface area contributed by atoms with Crippen LogP contribution in [0.2, 0.25) is 0 Å². The van der Waals surface area contributed by atoms with Crippen LogP contribution < -0.4 is 18.9 Å². The molecule has 2 aromatic rings. The van der Waals surface area contributed by atoms with Crippen LogP contribution in [0.4, 0.5) is 0 Å². The van der Waals surface area contributed by atoms with Gasteiger partial charge in [0.2, 0.25) is 12.6 Å². The summed E-state index contributed by atoms with van der Waals surface area (Å²) in [6.07, 6.45) is -16.6. The van der Waals surface area contributed by atoms with Crippen molar-refractivity contribution in [3.8, 4) is 28.7 Å². The number of aliphatic hydroxyl groups excluding tert-OH is 8. The maximum atomic E-state index is 13.1. The van der Waals surface area contributed by atoms with E-state index in [1.165, 1.54) is 25.3 Å². The lowest BCUT2D eigenvalue weighted by Crippen LogP contribution is -2.60. The number of fused-ring (bicyclic) bond motifs is 1. The summed E-state index contributed by atoms with van der Waals surface area (Å²) in [6.45, 7) is -1.34. The highest BCUT2D eigenvalue weighted by atomic mass is 16.7. The molecule has 2 aromatic carbocycles. The van der Waals surface area contributed by atoms with Crippen LogP contribution >= 0.6 is 0 Å². The third kappa shape index (κ3) is 6.01. The molecule has 0 radical (unpaired) electrons. The Labute approximate surface area is 249 Å². The predicted molar refractivity (Wildman–Crippen MR) is 142 cm³/mol.